The van der Waals surface area contributed by atoms with Crippen molar-refractivity contribution in [1.82, 2.24) is 0 Å². The Morgan fingerprint density at radius 1 is 1.08 bits per heavy atom. The number of rotatable bonds is 4. The third kappa shape index (κ3) is 3.49. The fourth-order valence-corrected chi connectivity index (χ4v) is 1.37. The molecule has 0 aliphatic carbocycles. The summed E-state index contributed by atoms with van der Waals surface area (Å²) in [5.74, 6) is 0.966. The first-order valence-electron chi connectivity index (χ1n) is 4.79. The summed E-state index contributed by atoms with van der Waals surface area (Å²) in [7, 11) is 0. The molecule has 74 valence electrons. The highest BCUT2D eigenvalue weighted by Crippen LogP contribution is 2.24. The van der Waals surface area contributed by atoms with E-state index in [2.05, 4.69) is 34.3 Å². The van der Waals surface area contributed by atoms with Gasteiger partial charge in [0.05, 0.1) is 0 Å². The molecular formula is C12H21N. The van der Waals surface area contributed by atoms with Crippen molar-refractivity contribution in [3.05, 3.63) is 36.1 Å². The minimum atomic E-state index is 0.471. The lowest BCUT2D eigenvalue weighted by molar-refractivity contribution is 0.699. The Kier molecular flexibility index (Phi) is 5.20. The largest absolute Gasteiger partial charge is 0.404 e. The summed E-state index contributed by atoms with van der Waals surface area (Å²) in [6, 6.07) is 0. The zero-order chi connectivity index (χ0) is 10.4. The fraction of sp³-hybridized carbons (Fsp3) is 0.500. The maximum absolute atomic E-state index is 5.61. The molecule has 1 nitrogen and oxygen atoms in total. The Balaban J connectivity index is 4.93. The Hall–Kier alpha value is -0.980. The summed E-state index contributed by atoms with van der Waals surface area (Å²) in [6.45, 7) is 12.4. The Morgan fingerprint density at radius 2 is 1.54 bits per heavy atom. The minimum Gasteiger partial charge on any atom is -0.404 e. The second-order valence-corrected chi connectivity index (χ2v) is 3.79. The summed E-state index contributed by atoms with van der Waals surface area (Å²) in [5, 5.41) is 0. The highest BCUT2D eigenvalue weighted by atomic mass is 14.5. The van der Waals surface area contributed by atoms with E-state index < -0.39 is 0 Å². The van der Waals surface area contributed by atoms with E-state index in [1.165, 1.54) is 11.1 Å². The molecule has 0 saturated carbocycles. The average Bonchev–Trinajstić information content (AvgIpc) is 2.03. The van der Waals surface area contributed by atoms with Crippen LogP contribution >= 0.6 is 0 Å². The van der Waals surface area contributed by atoms with Gasteiger partial charge in [-0.2, -0.15) is 0 Å². The molecule has 0 bridgehead atoms. The highest BCUT2D eigenvalue weighted by molar-refractivity contribution is 5.35. The number of nitrogens with two attached hydrogens (primary N) is 1. The van der Waals surface area contributed by atoms with E-state index in [1.807, 2.05) is 12.2 Å². The molecule has 13 heavy (non-hydrogen) atoms. The van der Waals surface area contributed by atoms with Gasteiger partial charge in [-0.15, -0.1) is 0 Å². The van der Waals surface area contributed by atoms with E-state index in [-0.39, 0.29) is 0 Å². The minimum absolute atomic E-state index is 0.471. The van der Waals surface area contributed by atoms with Crippen molar-refractivity contribution in [2.45, 2.75) is 27.7 Å². The molecular weight excluding hydrogens is 158 g/mol. The average molecular weight is 179 g/mol. The van der Waals surface area contributed by atoms with Crippen molar-refractivity contribution in [2.75, 3.05) is 0 Å². The lowest BCUT2D eigenvalue weighted by Gasteiger charge is -2.17. The Bertz CT molecular complexity index is 219. The molecule has 0 spiro atoms. The first kappa shape index (κ1) is 12.0. The fourth-order valence-electron chi connectivity index (χ4n) is 1.37. The summed E-state index contributed by atoms with van der Waals surface area (Å²) in [5.41, 5.74) is 8.11. The SMILES string of the molecule is C=C/C=C(\C(=C/N)C(C)C)C(C)C. The van der Waals surface area contributed by atoms with Crippen LogP contribution < -0.4 is 5.73 Å². The summed E-state index contributed by atoms with van der Waals surface area (Å²) >= 11 is 0. The smallest absolute Gasteiger partial charge is 0.00242 e. The highest BCUT2D eigenvalue weighted by Gasteiger charge is 2.11. The first-order valence-corrected chi connectivity index (χ1v) is 4.79. The maximum Gasteiger partial charge on any atom is -0.00242 e. The van der Waals surface area contributed by atoms with Gasteiger partial charge >= 0.3 is 0 Å². The predicted octanol–water partition coefficient (Wildman–Crippen LogP) is 3.25. The quantitative estimate of drug-likeness (QED) is 0.659. The van der Waals surface area contributed by atoms with Crippen molar-refractivity contribution in [2.24, 2.45) is 17.6 Å². The van der Waals surface area contributed by atoms with Gasteiger partial charge in [-0.05, 0) is 29.2 Å². The zero-order valence-corrected chi connectivity index (χ0v) is 9.17. The van der Waals surface area contributed by atoms with Crippen molar-refractivity contribution in [3.63, 3.8) is 0 Å². The molecule has 0 unspecified atom stereocenters. The standard InChI is InChI=1S/C12H21N/c1-6-7-11(9(2)3)12(8-13)10(4)5/h6-10H,1,13H2,2-5H3/b11-7-,12-8-. The van der Waals surface area contributed by atoms with Crippen LogP contribution in [-0.2, 0) is 0 Å². The van der Waals surface area contributed by atoms with E-state index in [9.17, 15) is 0 Å². The zero-order valence-electron chi connectivity index (χ0n) is 9.17. The monoisotopic (exact) mass is 179 g/mol. The van der Waals surface area contributed by atoms with Gasteiger partial charge in [-0.25, -0.2) is 0 Å². The molecule has 0 fully saturated rings. The van der Waals surface area contributed by atoms with E-state index in [4.69, 9.17) is 5.73 Å². The van der Waals surface area contributed by atoms with Crippen molar-refractivity contribution < 1.29 is 0 Å². The van der Waals surface area contributed by atoms with Crippen molar-refractivity contribution in [1.29, 1.82) is 0 Å². The van der Waals surface area contributed by atoms with Crippen LogP contribution in [-0.4, -0.2) is 0 Å². The van der Waals surface area contributed by atoms with Crippen molar-refractivity contribution >= 4 is 0 Å². The van der Waals surface area contributed by atoms with Gasteiger partial charge in [0.1, 0.15) is 0 Å². The second-order valence-electron chi connectivity index (χ2n) is 3.79. The molecule has 2 N–H and O–H groups in total. The van der Waals surface area contributed by atoms with Gasteiger partial charge < -0.3 is 5.73 Å². The van der Waals surface area contributed by atoms with E-state index in [0.717, 1.165) is 0 Å². The molecule has 0 aromatic carbocycles. The molecule has 0 heterocycles. The molecule has 0 aliphatic rings. The molecule has 0 rings (SSSR count). The van der Waals surface area contributed by atoms with E-state index >= 15 is 0 Å². The van der Waals surface area contributed by atoms with Gasteiger partial charge in [-0.3, -0.25) is 0 Å². The molecule has 0 saturated heterocycles. The van der Waals surface area contributed by atoms with Crippen LogP contribution in [0.2, 0.25) is 0 Å². The molecule has 0 radical (unpaired) electrons. The number of hydrogen-bond donors (Lipinski definition) is 1. The van der Waals surface area contributed by atoms with Gasteiger partial charge in [-0.1, -0.05) is 46.4 Å². The van der Waals surface area contributed by atoms with E-state index in [0.29, 0.717) is 11.8 Å². The van der Waals surface area contributed by atoms with Gasteiger partial charge in [0.15, 0.2) is 0 Å². The van der Waals surface area contributed by atoms with Crippen LogP contribution in [0.5, 0.6) is 0 Å². The Morgan fingerprint density at radius 3 is 1.77 bits per heavy atom. The van der Waals surface area contributed by atoms with Gasteiger partial charge in [0.2, 0.25) is 0 Å². The van der Waals surface area contributed by atoms with Crippen LogP contribution in [0.1, 0.15) is 27.7 Å². The van der Waals surface area contributed by atoms with Crippen LogP contribution in [0.25, 0.3) is 0 Å². The van der Waals surface area contributed by atoms with Gasteiger partial charge in [0, 0.05) is 0 Å². The summed E-state index contributed by atoms with van der Waals surface area (Å²) in [6.07, 6.45) is 5.57. The topological polar surface area (TPSA) is 26.0 Å². The lowest BCUT2D eigenvalue weighted by atomic mass is 9.88. The summed E-state index contributed by atoms with van der Waals surface area (Å²) in [4.78, 5) is 0. The predicted molar refractivity (Wildman–Crippen MR) is 60.2 cm³/mol. The first-order chi connectivity index (χ1) is 6.04. The van der Waals surface area contributed by atoms with Crippen molar-refractivity contribution in [3.8, 4) is 0 Å². The molecule has 1 heteroatoms. The second kappa shape index (κ2) is 5.63. The maximum atomic E-state index is 5.61. The molecule has 0 aromatic heterocycles. The summed E-state index contributed by atoms with van der Waals surface area (Å²) < 4.78 is 0. The third-order valence-electron chi connectivity index (χ3n) is 2.05. The number of allylic oxidation sites excluding steroid dienone is 4. The Labute approximate surface area is 82.0 Å². The molecule has 0 atom stereocenters. The third-order valence-corrected chi connectivity index (χ3v) is 2.05. The molecule has 0 aliphatic heterocycles. The normalized spacial score (nSPS) is 14.0. The van der Waals surface area contributed by atoms with Crippen LogP contribution in [0.3, 0.4) is 0 Å². The van der Waals surface area contributed by atoms with Crippen LogP contribution in [0, 0.1) is 11.8 Å². The van der Waals surface area contributed by atoms with Gasteiger partial charge in [0.25, 0.3) is 0 Å². The molecule has 0 aromatic rings. The van der Waals surface area contributed by atoms with Crippen LogP contribution in [0.4, 0.5) is 0 Å². The van der Waals surface area contributed by atoms with Crippen LogP contribution in [0.15, 0.2) is 36.1 Å². The number of hydrogen-bond acceptors (Lipinski definition) is 1. The van der Waals surface area contributed by atoms with E-state index in [1.54, 1.807) is 6.20 Å². The molecule has 0 amide bonds. The lowest BCUT2D eigenvalue weighted by Crippen LogP contribution is -2.06.